The van der Waals surface area contributed by atoms with Crippen LogP contribution >= 0.6 is 0 Å². The Hall–Kier alpha value is -1.59. The number of ether oxygens (including phenoxy) is 2. The number of hydrogen-bond donors (Lipinski definition) is 0. The predicted molar refractivity (Wildman–Crippen MR) is 99.0 cm³/mol. The first-order valence-electron chi connectivity index (χ1n) is 9.35. The van der Waals surface area contributed by atoms with Crippen LogP contribution in [-0.4, -0.2) is 62.9 Å². The molecule has 2 fully saturated rings. The Morgan fingerprint density at radius 2 is 1.84 bits per heavy atom. The van der Waals surface area contributed by atoms with Crippen molar-refractivity contribution < 1.29 is 14.3 Å². The molecule has 1 amide bonds. The van der Waals surface area contributed by atoms with Gasteiger partial charge in [-0.15, -0.1) is 0 Å². The number of methoxy groups -OCH3 is 1. The van der Waals surface area contributed by atoms with Crippen LogP contribution in [0, 0.1) is 0 Å². The number of morpholine rings is 1. The molecule has 5 heteroatoms. The summed E-state index contributed by atoms with van der Waals surface area (Å²) in [5.74, 6) is 0.259. The van der Waals surface area contributed by atoms with Crippen LogP contribution in [0.3, 0.4) is 0 Å². The average Bonchev–Trinajstić information content (AvgIpc) is 2.67. The number of nitrogens with zero attached hydrogens (tertiary/aromatic N) is 2. The Labute approximate surface area is 150 Å². The molecule has 1 aromatic carbocycles. The average molecular weight is 346 g/mol. The van der Waals surface area contributed by atoms with Crippen LogP contribution in [0.1, 0.15) is 31.7 Å². The number of aryl methyl sites for hydroxylation is 1. The molecule has 3 rings (SSSR count). The Kier molecular flexibility index (Phi) is 5.97. The minimum atomic E-state index is -0.0697. The topological polar surface area (TPSA) is 42.0 Å². The first-order chi connectivity index (χ1) is 12.1. The molecular formula is C20H30N2O3. The third-order valence-corrected chi connectivity index (χ3v) is 5.62. The zero-order valence-corrected chi connectivity index (χ0v) is 15.5. The van der Waals surface area contributed by atoms with E-state index in [0.29, 0.717) is 6.42 Å². The summed E-state index contributed by atoms with van der Waals surface area (Å²) in [6, 6.07) is 8.45. The van der Waals surface area contributed by atoms with E-state index in [9.17, 15) is 4.79 Å². The zero-order valence-electron chi connectivity index (χ0n) is 15.5. The van der Waals surface area contributed by atoms with E-state index in [-0.39, 0.29) is 11.5 Å². The summed E-state index contributed by atoms with van der Waals surface area (Å²) in [6.07, 6.45) is 3.20. The number of anilines is 1. The van der Waals surface area contributed by atoms with Gasteiger partial charge in [0.05, 0.1) is 18.8 Å². The molecule has 0 bridgehead atoms. The molecule has 0 atom stereocenters. The molecule has 0 saturated carbocycles. The van der Waals surface area contributed by atoms with Gasteiger partial charge in [0.15, 0.2) is 0 Å². The minimum Gasteiger partial charge on any atom is -0.378 e. The van der Waals surface area contributed by atoms with Gasteiger partial charge in [-0.3, -0.25) is 4.79 Å². The monoisotopic (exact) mass is 346 g/mol. The highest BCUT2D eigenvalue weighted by molar-refractivity contribution is 5.77. The van der Waals surface area contributed by atoms with Crippen LogP contribution in [0.15, 0.2) is 24.3 Å². The quantitative estimate of drug-likeness (QED) is 0.821. The lowest BCUT2D eigenvalue weighted by Gasteiger charge is -2.38. The fraction of sp³-hybridized carbons (Fsp3) is 0.650. The maximum absolute atomic E-state index is 12.6. The summed E-state index contributed by atoms with van der Waals surface area (Å²) in [7, 11) is 1.76. The van der Waals surface area contributed by atoms with Gasteiger partial charge in [-0.25, -0.2) is 0 Å². The van der Waals surface area contributed by atoms with Crippen LogP contribution in [-0.2, 0) is 20.7 Å². The van der Waals surface area contributed by atoms with Crippen molar-refractivity contribution >= 4 is 11.6 Å². The van der Waals surface area contributed by atoms with Gasteiger partial charge in [0.25, 0.3) is 0 Å². The van der Waals surface area contributed by atoms with Crippen molar-refractivity contribution in [1.29, 1.82) is 0 Å². The van der Waals surface area contributed by atoms with Crippen LogP contribution in [0.4, 0.5) is 5.69 Å². The smallest absolute Gasteiger partial charge is 0.222 e. The summed E-state index contributed by atoms with van der Waals surface area (Å²) in [5.41, 5.74) is 2.44. The van der Waals surface area contributed by atoms with Gasteiger partial charge in [0.2, 0.25) is 5.91 Å². The molecule has 0 aromatic heterocycles. The van der Waals surface area contributed by atoms with Crippen LogP contribution in [0.2, 0.25) is 0 Å². The van der Waals surface area contributed by atoms with E-state index in [2.05, 4.69) is 36.1 Å². The van der Waals surface area contributed by atoms with E-state index >= 15 is 0 Å². The van der Waals surface area contributed by atoms with E-state index in [1.165, 1.54) is 11.3 Å². The number of hydrogen-bond acceptors (Lipinski definition) is 4. The number of rotatable bonds is 5. The molecule has 2 aliphatic heterocycles. The molecule has 0 radical (unpaired) electrons. The fourth-order valence-corrected chi connectivity index (χ4v) is 3.67. The highest BCUT2D eigenvalue weighted by atomic mass is 16.5. The molecule has 2 aliphatic rings. The maximum Gasteiger partial charge on any atom is 0.222 e. The van der Waals surface area contributed by atoms with Crippen molar-refractivity contribution in [3.05, 3.63) is 29.8 Å². The predicted octanol–water partition coefficient (Wildman–Crippen LogP) is 2.48. The summed E-state index contributed by atoms with van der Waals surface area (Å²) >= 11 is 0. The molecule has 2 heterocycles. The van der Waals surface area contributed by atoms with E-state index in [1.807, 2.05) is 4.90 Å². The maximum atomic E-state index is 12.6. The van der Waals surface area contributed by atoms with Crippen molar-refractivity contribution in [3.63, 3.8) is 0 Å². The third-order valence-electron chi connectivity index (χ3n) is 5.62. The van der Waals surface area contributed by atoms with Crippen LogP contribution in [0.25, 0.3) is 0 Å². The van der Waals surface area contributed by atoms with E-state index in [4.69, 9.17) is 9.47 Å². The molecule has 5 nitrogen and oxygen atoms in total. The van der Waals surface area contributed by atoms with Crippen LogP contribution in [0.5, 0.6) is 0 Å². The zero-order chi connectivity index (χ0) is 17.7. The Balaban J connectivity index is 1.56. The number of amides is 1. The number of carbonyl (C=O) groups is 1. The van der Waals surface area contributed by atoms with Gasteiger partial charge in [-0.1, -0.05) is 18.2 Å². The first-order valence-corrected chi connectivity index (χ1v) is 9.35. The number of likely N-dealkylation sites (tertiary alicyclic amines) is 1. The molecule has 25 heavy (non-hydrogen) atoms. The second kappa shape index (κ2) is 8.19. The van der Waals surface area contributed by atoms with Gasteiger partial charge >= 0.3 is 0 Å². The van der Waals surface area contributed by atoms with Gasteiger partial charge in [-0.05, 0) is 37.8 Å². The SMILES string of the molecule is COC1(C)CCN(C(=O)CCc2ccccc2N2CCOCC2)CC1. The van der Waals surface area contributed by atoms with E-state index in [0.717, 1.165) is 58.7 Å². The van der Waals surface area contributed by atoms with Crippen molar-refractivity contribution in [2.45, 2.75) is 38.2 Å². The lowest BCUT2D eigenvalue weighted by Crippen LogP contribution is -2.46. The summed E-state index contributed by atoms with van der Waals surface area (Å²) < 4.78 is 11.0. The minimum absolute atomic E-state index is 0.0697. The highest BCUT2D eigenvalue weighted by Gasteiger charge is 2.31. The summed E-state index contributed by atoms with van der Waals surface area (Å²) in [4.78, 5) is 17.0. The van der Waals surface area contributed by atoms with Crippen molar-refractivity contribution in [1.82, 2.24) is 4.90 Å². The first kappa shape index (κ1) is 18.2. The Morgan fingerprint density at radius 1 is 1.16 bits per heavy atom. The molecule has 0 N–H and O–H groups in total. The standard InChI is InChI=1S/C20H30N2O3/c1-20(24-2)9-11-22(12-10-20)19(23)8-7-17-5-3-4-6-18(17)21-13-15-25-16-14-21/h3-6H,7-16H2,1-2H3. The lowest BCUT2D eigenvalue weighted by molar-refractivity contribution is -0.135. The number of para-hydroxylation sites is 1. The van der Waals surface area contributed by atoms with Gasteiger partial charge in [0.1, 0.15) is 0 Å². The number of piperidine rings is 1. The lowest BCUT2D eigenvalue weighted by atomic mass is 9.93. The molecule has 138 valence electrons. The van der Waals surface area contributed by atoms with Crippen molar-refractivity contribution in [2.75, 3.05) is 51.4 Å². The third kappa shape index (κ3) is 4.53. The molecular weight excluding hydrogens is 316 g/mol. The molecule has 1 aromatic rings. The van der Waals surface area contributed by atoms with Gasteiger partial charge in [0, 0.05) is 45.4 Å². The number of benzene rings is 1. The molecule has 0 spiro atoms. The second-order valence-corrected chi connectivity index (χ2v) is 7.26. The van der Waals surface area contributed by atoms with Crippen molar-refractivity contribution in [2.24, 2.45) is 0 Å². The van der Waals surface area contributed by atoms with E-state index < -0.39 is 0 Å². The van der Waals surface area contributed by atoms with Gasteiger partial charge in [-0.2, -0.15) is 0 Å². The van der Waals surface area contributed by atoms with Gasteiger partial charge < -0.3 is 19.3 Å². The molecule has 2 saturated heterocycles. The highest BCUT2D eigenvalue weighted by Crippen LogP contribution is 2.26. The second-order valence-electron chi connectivity index (χ2n) is 7.26. The molecule has 0 aliphatic carbocycles. The number of carbonyl (C=O) groups excluding carboxylic acids is 1. The molecule has 0 unspecified atom stereocenters. The summed E-state index contributed by atoms with van der Waals surface area (Å²) in [6.45, 7) is 7.13. The largest absolute Gasteiger partial charge is 0.378 e. The van der Waals surface area contributed by atoms with E-state index in [1.54, 1.807) is 7.11 Å². The normalized spacial score (nSPS) is 20.6. The van der Waals surface area contributed by atoms with Crippen LogP contribution < -0.4 is 4.90 Å². The summed E-state index contributed by atoms with van der Waals surface area (Å²) in [5, 5.41) is 0. The Morgan fingerprint density at radius 3 is 2.52 bits per heavy atom. The fourth-order valence-electron chi connectivity index (χ4n) is 3.67. The Bertz CT molecular complexity index is 576. The van der Waals surface area contributed by atoms with Crippen molar-refractivity contribution in [3.8, 4) is 0 Å².